The van der Waals surface area contributed by atoms with Crippen LogP contribution in [0.3, 0.4) is 0 Å². The standard InChI is InChI=1S/C21H15F2N3/c1-12-18(15-8-16(22)10-17(23)9-15)5-6-19-20(12)13(2)25-21(26-19)14-4-3-7-24-11-14/h3-11H,1-2H3. The predicted molar refractivity (Wildman–Crippen MR) is 97.6 cm³/mol. The maximum absolute atomic E-state index is 13.6. The zero-order chi connectivity index (χ0) is 18.3. The largest absolute Gasteiger partial charge is 0.264 e. The van der Waals surface area contributed by atoms with Crippen molar-refractivity contribution >= 4 is 10.9 Å². The second kappa shape index (κ2) is 6.26. The summed E-state index contributed by atoms with van der Waals surface area (Å²) >= 11 is 0. The first-order chi connectivity index (χ1) is 12.5. The second-order valence-corrected chi connectivity index (χ2v) is 6.16. The Hall–Kier alpha value is -3.21. The third-order valence-electron chi connectivity index (χ3n) is 4.40. The molecule has 2 aromatic heterocycles. The van der Waals surface area contributed by atoms with E-state index in [-0.39, 0.29) is 0 Å². The molecule has 0 bridgehead atoms. The van der Waals surface area contributed by atoms with Gasteiger partial charge >= 0.3 is 0 Å². The van der Waals surface area contributed by atoms with Crippen LogP contribution in [0.15, 0.2) is 54.9 Å². The highest BCUT2D eigenvalue weighted by molar-refractivity contribution is 5.91. The molecule has 2 aromatic carbocycles. The summed E-state index contributed by atoms with van der Waals surface area (Å²) in [6, 6.07) is 11.0. The molecular weight excluding hydrogens is 332 g/mol. The minimum Gasteiger partial charge on any atom is -0.264 e. The van der Waals surface area contributed by atoms with Gasteiger partial charge in [0.25, 0.3) is 0 Å². The minimum absolute atomic E-state index is 0.498. The van der Waals surface area contributed by atoms with Crippen LogP contribution in [0.2, 0.25) is 0 Å². The first kappa shape index (κ1) is 16.3. The normalized spacial score (nSPS) is 11.1. The topological polar surface area (TPSA) is 38.7 Å². The third-order valence-corrected chi connectivity index (χ3v) is 4.40. The van der Waals surface area contributed by atoms with Gasteiger partial charge in [-0.15, -0.1) is 0 Å². The summed E-state index contributed by atoms with van der Waals surface area (Å²) in [4.78, 5) is 13.3. The summed E-state index contributed by atoms with van der Waals surface area (Å²) in [7, 11) is 0. The summed E-state index contributed by atoms with van der Waals surface area (Å²) in [5.74, 6) is -0.592. The molecule has 0 aliphatic carbocycles. The molecule has 0 aliphatic heterocycles. The maximum Gasteiger partial charge on any atom is 0.161 e. The van der Waals surface area contributed by atoms with Gasteiger partial charge in [-0.05, 0) is 60.9 Å². The van der Waals surface area contributed by atoms with E-state index in [1.807, 2.05) is 38.1 Å². The number of fused-ring (bicyclic) bond motifs is 1. The molecule has 0 N–H and O–H groups in total. The molecular formula is C21H15F2N3. The highest BCUT2D eigenvalue weighted by atomic mass is 19.1. The van der Waals surface area contributed by atoms with Gasteiger partial charge < -0.3 is 0 Å². The van der Waals surface area contributed by atoms with E-state index in [4.69, 9.17) is 0 Å². The van der Waals surface area contributed by atoms with E-state index in [0.717, 1.165) is 39.4 Å². The zero-order valence-corrected chi connectivity index (χ0v) is 14.3. The Labute approximate surface area is 149 Å². The highest BCUT2D eigenvalue weighted by Gasteiger charge is 2.13. The SMILES string of the molecule is Cc1nc(-c2cccnc2)nc2ccc(-c3cc(F)cc(F)c3)c(C)c12. The number of hydrogen-bond donors (Lipinski definition) is 0. The molecule has 0 aliphatic rings. The summed E-state index contributed by atoms with van der Waals surface area (Å²) < 4.78 is 27.2. The minimum atomic E-state index is -0.598. The van der Waals surface area contributed by atoms with E-state index in [9.17, 15) is 8.78 Å². The molecule has 0 saturated carbocycles. The molecule has 26 heavy (non-hydrogen) atoms. The van der Waals surface area contributed by atoms with Crippen LogP contribution in [0.25, 0.3) is 33.4 Å². The average Bonchev–Trinajstić information content (AvgIpc) is 2.61. The van der Waals surface area contributed by atoms with Crippen molar-refractivity contribution in [1.29, 1.82) is 0 Å². The first-order valence-electron chi connectivity index (χ1n) is 8.18. The van der Waals surface area contributed by atoms with Crippen LogP contribution in [0.1, 0.15) is 11.3 Å². The van der Waals surface area contributed by atoms with E-state index >= 15 is 0 Å². The lowest BCUT2D eigenvalue weighted by molar-refractivity contribution is 0.584. The second-order valence-electron chi connectivity index (χ2n) is 6.16. The van der Waals surface area contributed by atoms with E-state index in [2.05, 4.69) is 15.0 Å². The molecule has 128 valence electrons. The van der Waals surface area contributed by atoms with Crippen molar-refractivity contribution in [3.63, 3.8) is 0 Å². The molecule has 0 spiro atoms. The molecule has 0 radical (unpaired) electrons. The molecule has 5 heteroatoms. The third kappa shape index (κ3) is 2.81. The monoisotopic (exact) mass is 347 g/mol. The van der Waals surface area contributed by atoms with Gasteiger partial charge in [-0.3, -0.25) is 4.98 Å². The Morgan fingerprint density at radius 1 is 0.846 bits per heavy atom. The number of hydrogen-bond acceptors (Lipinski definition) is 3. The maximum atomic E-state index is 13.6. The van der Waals surface area contributed by atoms with Crippen LogP contribution < -0.4 is 0 Å². The molecule has 0 unspecified atom stereocenters. The van der Waals surface area contributed by atoms with Crippen molar-refractivity contribution in [1.82, 2.24) is 15.0 Å². The smallest absolute Gasteiger partial charge is 0.161 e. The Kier molecular flexibility index (Phi) is 3.92. The van der Waals surface area contributed by atoms with Crippen LogP contribution in [-0.2, 0) is 0 Å². The molecule has 2 heterocycles. The van der Waals surface area contributed by atoms with Gasteiger partial charge in [-0.1, -0.05) is 6.07 Å². The molecule has 3 nitrogen and oxygen atoms in total. The fraction of sp³-hybridized carbons (Fsp3) is 0.0952. The average molecular weight is 347 g/mol. The number of benzene rings is 2. The Morgan fingerprint density at radius 2 is 1.62 bits per heavy atom. The van der Waals surface area contributed by atoms with E-state index in [1.54, 1.807) is 12.4 Å². The van der Waals surface area contributed by atoms with Crippen LogP contribution >= 0.6 is 0 Å². The van der Waals surface area contributed by atoms with E-state index in [0.29, 0.717) is 11.4 Å². The quantitative estimate of drug-likeness (QED) is 0.497. The van der Waals surface area contributed by atoms with E-state index < -0.39 is 11.6 Å². The zero-order valence-electron chi connectivity index (χ0n) is 14.3. The molecule has 0 saturated heterocycles. The van der Waals surface area contributed by atoms with Gasteiger partial charge in [0.05, 0.1) is 5.52 Å². The summed E-state index contributed by atoms with van der Waals surface area (Å²) in [6.07, 6.45) is 3.42. The summed E-state index contributed by atoms with van der Waals surface area (Å²) in [5.41, 5.74) is 4.59. The highest BCUT2D eigenvalue weighted by Crippen LogP contribution is 2.32. The number of halogens is 2. The number of aromatic nitrogens is 3. The molecule has 4 aromatic rings. The lowest BCUT2D eigenvalue weighted by Gasteiger charge is -2.13. The van der Waals surface area contributed by atoms with Crippen molar-refractivity contribution < 1.29 is 8.78 Å². The lowest BCUT2D eigenvalue weighted by atomic mass is 9.96. The van der Waals surface area contributed by atoms with Crippen molar-refractivity contribution in [3.05, 3.63) is 77.8 Å². The van der Waals surface area contributed by atoms with Crippen LogP contribution in [0, 0.1) is 25.5 Å². The van der Waals surface area contributed by atoms with Gasteiger partial charge in [-0.2, -0.15) is 0 Å². The Morgan fingerprint density at radius 3 is 2.31 bits per heavy atom. The number of nitrogens with zero attached hydrogens (tertiary/aromatic N) is 3. The molecule has 0 fully saturated rings. The van der Waals surface area contributed by atoms with Gasteiger partial charge in [0, 0.05) is 35.1 Å². The van der Waals surface area contributed by atoms with Crippen molar-refractivity contribution in [2.45, 2.75) is 13.8 Å². The fourth-order valence-corrected chi connectivity index (χ4v) is 3.25. The Bertz CT molecular complexity index is 1100. The van der Waals surface area contributed by atoms with Gasteiger partial charge in [0.15, 0.2) is 5.82 Å². The Balaban J connectivity index is 1.92. The van der Waals surface area contributed by atoms with Gasteiger partial charge in [0.1, 0.15) is 11.6 Å². The van der Waals surface area contributed by atoms with Crippen LogP contribution in [-0.4, -0.2) is 15.0 Å². The van der Waals surface area contributed by atoms with Crippen molar-refractivity contribution in [2.75, 3.05) is 0 Å². The van der Waals surface area contributed by atoms with E-state index in [1.165, 1.54) is 12.1 Å². The van der Waals surface area contributed by atoms with Gasteiger partial charge in [-0.25, -0.2) is 18.7 Å². The molecule has 0 amide bonds. The van der Waals surface area contributed by atoms with Crippen LogP contribution in [0.5, 0.6) is 0 Å². The van der Waals surface area contributed by atoms with Gasteiger partial charge in [0.2, 0.25) is 0 Å². The van der Waals surface area contributed by atoms with Crippen molar-refractivity contribution in [2.24, 2.45) is 0 Å². The molecule has 4 rings (SSSR count). The van der Waals surface area contributed by atoms with Crippen LogP contribution in [0.4, 0.5) is 8.78 Å². The predicted octanol–water partition coefficient (Wildman–Crippen LogP) is 5.25. The van der Waals surface area contributed by atoms with Crippen molar-refractivity contribution in [3.8, 4) is 22.5 Å². The summed E-state index contributed by atoms with van der Waals surface area (Å²) in [6.45, 7) is 3.83. The molecule has 0 atom stereocenters. The summed E-state index contributed by atoms with van der Waals surface area (Å²) in [5, 5.41) is 0.889. The fourth-order valence-electron chi connectivity index (χ4n) is 3.25. The first-order valence-corrected chi connectivity index (χ1v) is 8.18. The number of pyridine rings is 1. The lowest BCUT2D eigenvalue weighted by Crippen LogP contribution is -1.98. The number of aryl methyl sites for hydroxylation is 2. The number of rotatable bonds is 2.